The van der Waals surface area contributed by atoms with Gasteiger partial charge in [-0.15, -0.1) is 0 Å². The average molecular weight is 441 g/mol. The van der Waals surface area contributed by atoms with Gasteiger partial charge in [0, 0.05) is 19.3 Å². The van der Waals surface area contributed by atoms with Gasteiger partial charge < -0.3 is 18.9 Å². The SMILES string of the molecule is COC(=O)c1ccc(OC(C(=O)N2CCc3ccccc32)c2nc3ccccc3n2C)cc1. The van der Waals surface area contributed by atoms with Crippen LogP contribution in [-0.4, -0.2) is 35.1 Å². The van der Waals surface area contributed by atoms with Crippen LogP contribution in [0.3, 0.4) is 0 Å². The van der Waals surface area contributed by atoms with E-state index in [9.17, 15) is 9.59 Å². The summed E-state index contributed by atoms with van der Waals surface area (Å²) in [5, 5.41) is 0. The lowest BCUT2D eigenvalue weighted by atomic mass is 10.2. The molecule has 1 aliphatic rings. The van der Waals surface area contributed by atoms with E-state index in [1.807, 2.05) is 60.1 Å². The number of esters is 1. The summed E-state index contributed by atoms with van der Waals surface area (Å²) in [6.07, 6.45) is -0.164. The maximum absolute atomic E-state index is 13.8. The van der Waals surface area contributed by atoms with Gasteiger partial charge in [0.2, 0.25) is 6.10 Å². The number of rotatable bonds is 5. The number of para-hydroxylation sites is 3. The highest BCUT2D eigenvalue weighted by Crippen LogP contribution is 2.33. The number of benzene rings is 3. The van der Waals surface area contributed by atoms with E-state index in [4.69, 9.17) is 14.5 Å². The smallest absolute Gasteiger partial charge is 0.337 e. The summed E-state index contributed by atoms with van der Waals surface area (Å²) in [5.41, 5.74) is 4.15. The number of methoxy groups -OCH3 is 1. The van der Waals surface area contributed by atoms with Crippen LogP contribution in [0, 0.1) is 0 Å². The third kappa shape index (κ3) is 3.71. The molecule has 1 amide bonds. The van der Waals surface area contributed by atoms with Crippen LogP contribution in [0.15, 0.2) is 72.8 Å². The van der Waals surface area contributed by atoms with Crippen LogP contribution in [0.4, 0.5) is 5.69 Å². The molecule has 1 atom stereocenters. The number of aryl methyl sites for hydroxylation is 1. The molecule has 3 aromatic carbocycles. The Bertz CT molecular complexity index is 1340. The summed E-state index contributed by atoms with van der Waals surface area (Å²) in [6.45, 7) is 0.587. The predicted octanol–water partition coefficient (Wildman–Crippen LogP) is 4.07. The van der Waals surface area contributed by atoms with Crippen molar-refractivity contribution in [2.24, 2.45) is 7.05 Å². The average Bonchev–Trinajstić information content (AvgIpc) is 3.43. The number of aromatic nitrogens is 2. The van der Waals surface area contributed by atoms with Crippen molar-refractivity contribution in [3.05, 3.63) is 89.7 Å². The Morgan fingerprint density at radius 3 is 2.45 bits per heavy atom. The van der Waals surface area contributed by atoms with Crippen LogP contribution in [0.1, 0.15) is 27.8 Å². The fraction of sp³-hybridized carbons (Fsp3) is 0.192. The number of carbonyl (C=O) groups excluding carboxylic acids is 2. The molecule has 0 aliphatic carbocycles. The zero-order chi connectivity index (χ0) is 22.9. The first-order chi connectivity index (χ1) is 16.1. The molecule has 4 aromatic rings. The number of fused-ring (bicyclic) bond motifs is 2. The van der Waals surface area contributed by atoms with E-state index in [2.05, 4.69) is 0 Å². The highest BCUT2D eigenvalue weighted by molar-refractivity contribution is 5.99. The molecule has 1 aromatic heterocycles. The van der Waals surface area contributed by atoms with Crippen molar-refractivity contribution in [1.29, 1.82) is 0 Å². The summed E-state index contributed by atoms with van der Waals surface area (Å²) in [4.78, 5) is 32.1. The van der Waals surface area contributed by atoms with E-state index < -0.39 is 12.1 Å². The van der Waals surface area contributed by atoms with Gasteiger partial charge in [-0.05, 0) is 54.4 Å². The number of ether oxygens (including phenoxy) is 2. The number of imidazole rings is 1. The number of nitrogens with zero attached hydrogens (tertiary/aromatic N) is 3. The van der Waals surface area contributed by atoms with E-state index in [-0.39, 0.29) is 5.91 Å². The van der Waals surface area contributed by atoms with Gasteiger partial charge >= 0.3 is 5.97 Å². The minimum atomic E-state index is -0.961. The normalized spacial score (nSPS) is 13.6. The quantitative estimate of drug-likeness (QED) is 0.437. The number of carbonyl (C=O) groups is 2. The minimum Gasteiger partial charge on any atom is -0.473 e. The molecule has 0 N–H and O–H groups in total. The number of hydrogen-bond acceptors (Lipinski definition) is 5. The maximum Gasteiger partial charge on any atom is 0.337 e. The van der Waals surface area contributed by atoms with E-state index in [1.54, 1.807) is 29.2 Å². The van der Waals surface area contributed by atoms with Crippen molar-refractivity contribution < 1.29 is 19.1 Å². The van der Waals surface area contributed by atoms with Gasteiger partial charge in [0.05, 0.1) is 23.7 Å². The molecule has 0 saturated heterocycles. The van der Waals surface area contributed by atoms with E-state index in [1.165, 1.54) is 7.11 Å². The van der Waals surface area contributed by atoms with Crippen molar-refractivity contribution in [1.82, 2.24) is 9.55 Å². The first-order valence-corrected chi connectivity index (χ1v) is 10.7. The van der Waals surface area contributed by atoms with Crippen LogP contribution < -0.4 is 9.64 Å². The molecule has 33 heavy (non-hydrogen) atoms. The van der Waals surface area contributed by atoms with Gasteiger partial charge in [-0.3, -0.25) is 4.79 Å². The number of anilines is 1. The van der Waals surface area contributed by atoms with Crippen LogP contribution >= 0.6 is 0 Å². The summed E-state index contributed by atoms with van der Waals surface area (Å²) < 4.78 is 12.9. The third-order valence-corrected chi connectivity index (χ3v) is 5.96. The molecule has 0 bridgehead atoms. The van der Waals surface area contributed by atoms with Crippen molar-refractivity contribution >= 4 is 28.6 Å². The third-order valence-electron chi connectivity index (χ3n) is 5.96. The molecule has 5 rings (SSSR count). The van der Waals surface area contributed by atoms with Gasteiger partial charge in [-0.2, -0.15) is 0 Å². The fourth-order valence-electron chi connectivity index (χ4n) is 4.24. The molecule has 7 heteroatoms. The molecule has 7 nitrogen and oxygen atoms in total. The van der Waals surface area contributed by atoms with E-state index in [0.29, 0.717) is 23.7 Å². The topological polar surface area (TPSA) is 73.7 Å². The van der Waals surface area contributed by atoms with Crippen molar-refractivity contribution in [3.8, 4) is 5.75 Å². The Hall–Kier alpha value is -4.13. The maximum atomic E-state index is 13.8. The van der Waals surface area contributed by atoms with Gasteiger partial charge in [-0.1, -0.05) is 30.3 Å². The standard InChI is InChI=1S/C26H23N3O4/c1-28-22-10-6-4-8-20(22)27-24(28)23(33-19-13-11-18(12-14-19)26(31)32-2)25(30)29-16-15-17-7-3-5-9-21(17)29/h3-14,23H,15-16H2,1-2H3. The highest BCUT2D eigenvalue weighted by atomic mass is 16.5. The summed E-state index contributed by atoms with van der Waals surface area (Å²) >= 11 is 0. The molecule has 2 heterocycles. The number of amides is 1. The van der Waals surface area contributed by atoms with Gasteiger partial charge in [0.1, 0.15) is 5.75 Å². The van der Waals surface area contributed by atoms with Crippen molar-refractivity contribution in [2.45, 2.75) is 12.5 Å². The van der Waals surface area contributed by atoms with Crippen LogP contribution in [0.5, 0.6) is 5.75 Å². The van der Waals surface area contributed by atoms with E-state index >= 15 is 0 Å². The first kappa shape index (κ1) is 20.8. The van der Waals surface area contributed by atoms with Crippen molar-refractivity contribution in [2.75, 3.05) is 18.6 Å². The molecule has 1 aliphatic heterocycles. The zero-order valence-electron chi connectivity index (χ0n) is 18.4. The number of hydrogen-bond donors (Lipinski definition) is 0. The molecular formula is C26H23N3O4. The summed E-state index contributed by atoms with van der Waals surface area (Å²) in [6, 6.07) is 22.2. The lowest BCUT2D eigenvalue weighted by molar-refractivity contribution is -0.125. The van der Waals surface area contributed by atoms with Gasteiger partial charge in [0.15, 0.2) is 5.82 Å². The monoisotopic (exact) mass is 441 g/mol. The second-order valence-corrected chi connectivity index (χ2v) is 7.90. The minimum absolute atomic E-state index is 0.185. The van der Waals surface area contributed by atoms with Crippen LogP contribution in [-0.2, 0) is 23.0 Å². The molecule has 166 valence electrons. The zero-order valence-corrected chi connectivity index (χ0v) is 18.4. The lowest BCUT2D eigenvalue weighted by Crippen LogP contribution is -2.37. The fourth-order valence-corrected chi connectivity index (χ4v) is 4.24. The molecule has 0 radical (unpaired) electrons. The second-order valence-electron chi connectivity index (χ2n) is 7.90. The molecule has 0 spiro atoms. The Kier molecular flexibility index (Phi) is 5.30. The van der Waals surface area contributed by atoms with Gasteiger partial charge in [-0.25, -0.2) is 9.78 Å². The first-order valence-electron chi connectivity index (χ1n) is 10.7. The van der Waals surface area contributed by atoms with Crippen LogP contribution in [0.25, 0.3) is 11.0 Å². The largest absolute Gasteiger partial charge is 0.473 e. The Morgan fingerprint density at radius 2 is 1.70 bits per heavy atom. The Labute approximate surface area is 191 Å². The Morgan fingerprint density at radius 1 is 0.970 bits per heavy atom. The molecule has 1 unspecified atom stereocenters. The lowest BCUT2D eigenvalue weighted by Gasteiger charge is -2.24. The summed E-state index contributed by atoms with van der Waals surface area (Å²) in [7, 11) is 3.22. The van der Waals surface area contributed by atoms with Crippen molar-refractivity contribution in [3.63, 3.8) is 0 Å². The van der Waals surface area contributed by atoms with Crippen LogP contribution in [0.2, 0.25) is 0 Å². The Balaban J connectivity index is 1.54. The highest BCUT2D eigenvalue weighted by Gasteiger charge is 2.35. The molecular weight excluding hydrogens is 418 g/mol. The molecule has 0 saturated carbocycles. The second kappa shape index (κ2) is 8.43. The molecule has 0 fully saturated rings. The predicted molar refractivity (Wildman–Crippen MR) is 124 cm³/mol. The van der Waals surface area contributed by atoms with Gasteiger partial charge in [0.25, 0.3) is 5.91 Å². The van der Waals surface area contributed by atoms with E-state index in [0.717, 1.165) is 28.7 Å². The summed E-state index contributed by atoms with van der Waals surface area (Å²) in [5.74, 6) is 0.358.